The number of hydrogen-bond donors (Lipinski definition) is 2. The van der Waals surface area contributed by atoms with Crippen LogP contribution in [-0.4, -0.2) is 28.5 Å². The third-order valence-corrected chi connectivity index (χ3v) is 6.08. The molecule has 0 radical (unpaired) electrons. The first-order valence-electron chi connectivity index (χ1n) is 8.69. The van der Waals surface area contributed by atoms with Gasteiger partial charge < -0.3 is 10.4 Å². The van der Waals surface area contributed by atoms with Gasteiger partial charge in [0.25, 0.3) is 5.91 Å². The van der Waals surface area contributed by atoms with Gasteiger partial charge in [-0.3, -0.25) is 9.59 Å². The Labute approximate surface area is 155 Å². The Morgan fingerprint density at radius 2 is 1.96 bits per heavy atom. The van der Waals surface area contributed by atoms with E-state index in [9.17, 15) is 19.1 Å². The highest BCUT2D eigenvalue weighted by atomic mass is 32.1. The van der Waals surface area contributed by atoms with Crippen molar-refractivity contribution < 1.29 is 19.1 Å². The zero-order valence-corrected chi connectivity index (χ0v) is 15.3. The molecular weight excluding hydrogens is 355 g/mol. The van der Waals surface area contributed by atoms with Crippen molar-refractivity contribution in [3.05, 3.63) is 51.2 Å². The molecule has 5 nitrogen and oxygen atoms in total. The second kappa shape index (κ2) is 7.95. The van der Waals surface area contributed by atoms with Gasteiger partial charge in [-0.2, -0.15) is 0 Å². The van der Waals surface area contributed by atoms with Crippen molar-refractivity contribution in [2.24, 2.45) is 0 Å². The summed E-state index contributed by atoms with van der Waals surface area (Å²) in [6.07, 6.45) is 4.62. The zero-order valence-electron chi connectivity index (χ0n) is 14.5. The van der Waals surface area contributed by atoms with Crippen LogP contribution in [0.5, 0.6) is 0 Å². The molecule has 7 heteroatoms. The summed E-state index contributed by atoms with van der Waals surface area (Å²) in [5, 5.41) is 13.1. The van der Waals surface area contributed by atoms with Crippen molar-refractivity contribution in [3.8, 4) is 0 Å². The zero-order chi connectivity index (χ0) is 18.7. The molecule has 1 aromatic heterocycles. The lowest BCUT2D eigenvalue weighted by molar-refractivity contribution is -0.138. The van der Waals surface area contributed by atoms with Gasteiger partial charge >= 0.3 is 5.97 Å². The Balaban J connectivity index is 1.68. The first-order chi connectivity index (χ1) is 12.5. The summed E-state index contributed by atoms with van der Waals surface area (Å²) in [4.78, 5) is 29.1. The third-order valence-electron chi connectivity index (χ3n) is 4.76. The molecule has 1 aliphatic rings. The number of hydrogen-bond acceptors (Lipinski definition) is 4. The van der Waals surface area contributed by atoms with Crippen molar-refractivity contribution in [2.45, 2.75) is 44.4 Å². The van der Waals surface area contributed by atoms with Crippen molar-refractivity contribution in [2.75, 3.05) is 6.54 Å². The van der Waals surface area contributed by atoms with Crippen molar-refractivity contribution in [3.63, 3.8) is 0 Å². The van der Waals surface area contributed by atoms with Gasteiger partial charge in [0.1, 0.15) is 10.7 Å². The Bertz CT molecular complexity index is 798. The van der Waals surface area contributed by atoms with Crippen LogP contribution in [0.4, 0.5) is 4.39 Å². The number of aryl methyl sites for hydroxylation is 1. The topological polar surface area (TPSA) is 79.3 Å². The summed E-state index contributed by atoms with van der Waals surface area (Å²) in [5.74, 6) is -2.29. The molecule has 2 N–H and O–H groups in total. The van der Waals surface area contributed by atoms with Crippen LogP contribution in [-0.2, 0) is 4.79 Å². The second-order valence-corrected chi connectivity index (χ2v) is 7.63. The van der Waals surface area contributed by atoms with Crippen LogP contribution in [0.25, 0.3) is 0 Å². The quantitative estimate of drug-likeness (QED) is 0.803. The summed E-state index contributed by atoms with van der Waals surface area (Å²) in [5.41, 5.74) is 1.13. The number of carbonyl (C=O) groups is 2. The van der Waals surface area contributed by atoms with Crippen LogP contribution in [0.15, 0.2) is 24.3 Å². The Hall–Kier alpha value is -2.28. The van der Waals surface area contributed by atoms with Crippen molar-refractivity contribution >= 4 is 23.2 Å². The van der Waals surface area contributed by atoms with E-state index in [2.05, 4.69) is 10.3 Å². The fourth-order valence-electron chi connectivity index (χ4n) is 3.29. The molecule has 0 aliphatic heterocycles. The van der Waals surface area contributed by atoms with Gasteiger partial charge in [0.15, 0.2) is 0 Å². The fraction of sp³-hybridized carbons (Fsp3) is 0.421. The predicted octanol–water partition coefficient (Wildman–Crippen LogP) is 3.85. The van der Waals surface area contributed by atoms with E-state index in [1.165, 1.54) is 48.4 Å². The van der Waals surface area contributed by atoms with E-state index >= 15 is 0 Å². The van der Waals surface area contributed by atoms with Gasteiger partial charge in [0, 0.05) is 12.5 Å². The Kier molecular flexibility index (Phi) is 5.66. The molecule has 1 aromatic carbocycles. The van der Waals surface area contributed by atoms with Crippen molar-refractivity contribution in [1.82, 2.24) is 10.3 Å². The predicted molar refractivity (Wildman–Crippen MR) is 97.2 cm³/mol. The lowest BCUT2D eigenvalue weighted by atomic mass is 9.99. The minimum Gasteiger partial charge on any atom is -0.481 e. The maximum atomic E-state index is 13.0. The number of nitrogens with zero attached hydrogens (tertiary/aromatic N) is 1. The number of nitrogens with one attached hydrogen (secondary N) is 1. The highest BCUT2D eigenvalue weighted by molar-refractivity contribution is 7.13. The van der Waals surface area contributed by atoms with Gasteiger partial charge in [0.2, 0.25) is 0 Å². The van der Waals surface area contributed by atoms with Crippen LogP contribution in [0, 0.1) is 12.7 Å². The normalized spacial score (nSPS) is 15.8. The summed E-state index contributed by atoms with van der Waals surface area (Å²) in [6, 6.07) is 5.29. The number of carboxylic acid groups (broad SMARTS) is 1. The van der Waals surface area contributed by atoms with E-state index in [-0.39, 0.29) is 12.5 Å². The maximum Gasteiger partial charge on any atom is 0.312 e. The minimum atomic E-state index is -1.07. The number of aromatic nitrogens is 1. The minimum absolute atomic E-state index is 0.0596. The molecule has 1 amide bonds. The van der Waals surface area contributed by atoms with Crippen LogP contribution >= 0.6 is 11.3 Å². The highest BCUT2D eigenvalue weighted by Crippen LogP contribution is 2.37. The SMILES string of the molecule is Cc1nc(C2CCCC2)sc1C(=O)NCC(C(=O)O)c1ccc(F)cc1. The standard InChI is InChI=1S/C19H21FN2O3S/c1-11-16(26-18(22-11)13-4-2-3-5-13)17(23)21-10-15(19(24)25)12-6-8-14(20)9-7-12/h6-9,13,15H,2-5,10H2,1H3,(H,21,23)(H,24,25). The largest absolute Gasteiger partial charge is 0.481 e. The number of carboxylic acids is 1. The molecule has 1 aliphatic carbocycles. The molecule has 1 atom stereocenters. The van der Waals surface area contributed by atoms with Gasteiger partial charge in [-0.1, -0.05) is 25.0 Å². The summed E-state index contributed by atoms with van der Waals surface area (Å²) >= 11 is 1.40. The number of benzene rings is 1. The Morgan fingerprint density at radius 1 is 1.31 bits per heavy atom. The molecule has 138 valence electrons. The van der Waals surface area contributed by atoms with E-state index in [4.69, 9.17) is 0 Å². The molecule has 2 aromatic rings. The molecule has 26 heavy (non-hydrogen) atoms. The molecule has 0 bridgehead atoms. The van der Waals surface area contributed by atoms with E-state index in [1.807, 2.05) is 0 Å². The number of thiazole rings is 1. The van der Waals surface area contributed by atoms with Gasteiger partial charge in [0.05, 0.1) is 16.6 Å². The van der Waals surface area contributed by atoms with Gasteiger partial charge in [-0.25, -0.2) is 9.37 Å². The van der Waals surface area contributed by atoms with E-state index < -0.39 is 17.7 Å². The first kappa shape index (κ1) is 18.5. The highest BCUT2D eigenvalue weighted by Gasteiger charge is 2.25. The number of carbonyl (C=O) groups excluding carboxylic acids is 1. The third kappa shape index (κ3) is 4.09. The molecular formula is C19H21FN2O3S. The summed E-state index contributed by atoms with van der Waals surface area (Å²) < 4.78 is 13.0. The van der Waals surface area contributed by atoms with Gasteiger partial charge in [-0.05, 0) is 37.5 Å². The lowest BCUT2D eigenvalue weighted by Crippen LogP contribution is -2.31. The molecule has 1 saturated carbocycles. The monoisotopic (exact) mass is 376 g/mol. The molecule has 0 saturated heterocycles. The van der Waals surface area contributed by atoms with Crippen LogP contribution in [0.1, 0.15) is 63.5 Å². The van der Waals surface area contributed by atoms with E-state index in [0.29, 0.717) is 22.1 Å². The van der Waals surface area contributed by atoms with Gasteiger partial charge in [-0.15, -0.1) is 11.3 Å². The second-order valence-electron chi connectivity index (χ2n) is 6.60. The van der Waals surface area contributed by atoms with Crippen LogP contribution in [0.3, 0.4) is 0 Å². The average Bonchev–Trinajstić information content (AvgIpc) is 3.25. The molecule has 1 heterocycles. The summed E-state index contributed by atoms with van der Waals surface area (Å²) in [7, 11) is 0. The van der Waals surface area contributed by atoms with Crippen LogP contribution in [0.2, 0.25) is 0 Å². The van der Waals surface area contributed by atoms with Crippen molar-refractivity contribution in [1.29, 1.82) is 0 Å². The Morgan fingerprint density at radius 3 is 2.58 bits per heavy atom. The maximum absolute atomic E-state index is 13.0. The van der Waals surface area contributed by atoms with E-state index in [0.717, 1.165) is 17.8 Å². The first-order valence-corrected chi connectivity index (χ1v) is 9.51. The number of aliphatic carboxylic acids is 1. The summed E-state index contributed by atoms with van der Waals surface area (Å²) in [6.45, 7) is 1.74. The molecule has 1 unspecified atom stereocenters. The van der Waals surface area contributed by atoms with Crippen LogP contribution < -0.4 is 5.32 Å². The smallest absolute Gasteiger partial charge is 0.312 e. The average molecular weight is 376 g/mol. The number of halogens is 1. The molecule has 1 fully saturated rings. The van der Waals surface area contributed by atoms with E-state index in [1.54, 1.807) is 6.92 Å². The number of amides is 1. The number of rotatable bonds is 6. The lowest BCUT2D eigenvalue weighted by Gasteiger charge is -2.13. The molecule has 3 rings (SSSR count). The fourth-order valence-corrected chi connectivity index (χ4v) is 4.45. The molecule has 0 spiro atoms.